The average Bonchev–Trinajstić information content (AvgIpc) is 3.11. The van der Waals surface area contributed by atoms with Gasteiger partial charge in [0.1, 0.15) is 9.92 Å². The standard InChI is InChI=1S/C13H21N3OS/c1-10(2)9-15-18(17,16-12-5-6-12)13-7-3-11(14)4-8-13/h3-4,7-8,10,12H,5-6,9,14H2,1-2H3,(H,15,16,17). The molecule has 0 amide bonds. The van der Waals surface area contributed by atoms with Crippen molar-refractivity contribution in [3.8, 4) is 0 Å². The van der Waals surface area contributed by atoms with E-state index in [1.54, 1.807) is 24.3 Å². The molecule has 0 heterocycles. The third-order valence-electron chi connectivity index (χ3n) is 2.72. The normalized spacial score (nSPS) is 18.6. The van der Waals surface area contributed by atoms with E-state index in [0.29, 0.717) is 24.2 Å². The predicted molar refractivity (Wildman–Crippen MR) is 75.6 cm³/mol. The third kappa shape index (κ3) is 3.46. The summed E-state index contributed by atoms with van der Waals surface area (Å²) in [5.41, 5.74) is 6.34. The fourth-order valence-corrected chi connectivity index (χ4v) is 3.57. The van der Waals surface area contributed by atoms with Crippen LogP contribution in [-0.2, 0) is 9.92 Å². The maximum absolute atomic E-state index is 12.9. The van der Waals surface area contributed by atoms with Gasteiger partial charge >= 0.3 is 0 Å². The lowest BCUT2D eigenvalue weighted by atomic mass is 10.2. The molecule has 1 saturated carbocycles. The molecule has 1 aliphatic rings. The Morgan fingerprint density at radius 3 is 2.50 bits per heavy atom. The highest BCUT2D eigenvalue weighted by atomic mass is 32.2. The van der Waals surface area contributed by atoms with Gasteiger partial charge in [-0.05, 0) is 43.0 Å². The van der Waals surface area contributed by atoms with Gasteiger partial charge in [-0.2, -0.15) is 0 Å². The number of hydrogen-bond acceptors (Lipinski definition) is 3. The third-order valence-corrected chi connectivity index (χ3v) is 4.80. The summed E-state index contributed by atoms with van der Waals surface area (Å²) in [7, 11) is -2.50. The van der Waals surface area contributed by atoms with Crippen molar-refractivity contribution >= 4 is 15.6 Å². The van der Waals surface area contributed by atoms with Crippen LogP contribution in [0.2, 0.25) is 0 Å². The van der Waals surface area contributed by atoms with Gasteiger partial charge in [0.05, 0.1) is 11.4 Å². The number of nitrogens with one attached hydrogen (secondary N) is 1. The van der Waals surface area contributed by atoms with Gasteiger partial charge in [0.15, 0.2) is 0 Å². The van der Waals surface area contributed by atoms with Gasteiger partial charge in [0.2, 0.25) is 0 Å². The topological polar surface area (TPSA) is 67.5 Å². The molecule has 0 radical (unpaired) electrons. The van der Waals surface area contributed by atoms with Crippen LogP contribution in [0.5, 0.6) is 0 Å². The van der Waals surface area contributed by atoms with E-state index in [4.69, 9.17) is 5.73 Å². The Bertz CT molecular complexity index is 512. The maximum Gasteiger partial charge on any atom is 0.137 e. The lowest BCUT2D eigenvalue weighted by Gasteiger charge is -2.13. The zero-order valence-electron chi connectivity index (χ0n) is 10.9. The Balaban J connectivity index is 2.31. The van der Waals surface area contributed by atoms with E-state index in [2.05, 4.69) is 22.9 Å². The van der Waals surface area contributed by atoms with Crippen molar-refractivity contribution in [1.82, 2.24) is 4.72 Å². The van der Waals surface area contributed by atoms with E-state index >= 15 is 0 Å². The van der Waals surface area contributed by atoms with Crippen LogP contribution in [0.1, 0.15) is 26.7 Å². The number of nitrogens with two attached hydrogens (primary N) is 1. The zero-order valence-corrected chi connectivity index (χ0v) is 11.7. The molecule has 1 aromatic rings. The monoisotopic (exact) mass is 267 g/mol. The number of nitrogen functional groups attached to an aromatic ring is 1. The predicted octanol–water partition coefficient (Wildman–Crippen LogP) is 2.42. The first-order chi connectivity index (χ1) is 8.49. The van der Waals surface area contributed by atoms with Gasteiger partial charge in [-0.3, -0.25) is 0 Å². The summed E-state index contributed by atoms with van der Waals surface area (Å²) in [5, 5.41) is 0. The molecular formula is C13H21N3OS. The van der Waals surface area contributed by atoms with Crippen LogP contribution in [0.3, 0.4) is 0 Å². The molecule has 1 fully saturated rings. The first-order valence-electron chi connectivity index (χ1n) is 6.35. The first-order valence-corrected chi connectivity index (χ1v) is 7.87. The Hall–Kier alpha value is -1.07. The number of hydrogen-bond donors (Lipinski definition) is 2. The number of benzene rings is 1. The molecule has 5 heteroatoms. The van der Waals surface area contributed by atoms with E-state index in [0.717, 1.165) is 17.7 Å². The second-order valence-electron chi connectivity index (χ2n) is 5.19. The molecular weight excluding hydrogens is 246 g/mol. The van der Waals surface area contributed by atoms with E-state index in [9.17, 15) is 4.21 Å². The summed E-state index contributed by atoms with van der Waals surface area (Å²) in [4.78, 5) is 0.726. The van der Waals surface area contributed by atoms with Crippen molar-refractivity contribution in [3.05, 3.63) is 24.3 Å². The summed E-state index contributed by atoms with van der Waals surface area (Å²) in [5.74, 6) is 0.403. The van der Waals surface area contributed by atoms with E-state index in [1.165, 1.54) is 0 Å². The minimum absolute atomic E-state index is 0.353. The molecule has 0 aliphatic heterocycles. The Morgan fingerprint density at radius 1 is 1.39 bits per heavy atom. The van der Waals surface area contributed by atoms with Gasteiger partial charge in [0.25, 0.3) is 0 Å². The van der Waals surface area contributed by atoms with Crippen molar-refractivity contribution in [1.29, 1.82) is 0 Å². The maximum atomic E-state index is 12.9. The molecule has 1 unspecified atom stereocenters. The van der Waals surface area contributed by atoms with Crippen LogP contribution >= 0.6 is 0 Å². The molecule has 4 nitrogen and oxygen atoms in total. The van der Waals surface area contributed by atoms with Crippen molar-refractivity contribution in [2.45, 2.75) is 37.6 Å². The average molecular weight is 267 g/mol. The van der Waals surface area contributed by atoms with Crippen LogP contribution in [0, 0.1) is 5.92 Å². The highest BCUT2D eigenvalue weighted by molar-refractivity contribution is 7.91. The molecule has 0 bridgehead atoms. The van der Waals surface area contributed by atoms with E-state index < -0.39 is 9.92 Å². The minimum Gasteiger partial charge on any atom is -0.399 e. The Kier molecular flexibility index (Phi) is 3.92. The quantitative estimate of drug-likeness (QED) is 0.804. The molecule has 2 rings (SSSR count). The van der Waals surface area contributed by atoms with Crippen LogP contribution in [-0.4, -0.2) is 16.8 Å². The van der Waals surface area contributed by atoms with Crippen LogP contribution in [0.25, 0.3) is 0 Å². The van der Waals surface area contributed by atoms with Crippen molar-refractivity contribution in [3.63, 3.8) is 0 Å². The lowest BCUT2D eigenvalue weighted by Crippen LogP contribution is -2.26. The minimum atomic E-state index is -2.50. The zero-order chi connectivity index (χ0) is 13.2. The van der Waals surface area contributed by atoms with E-state index in [-0.39, 0.29) is 0 Å². The second-order valence-corrected chi connectivity index (χ2v) is 7.21. The summed E-state index contributed by atoms with van der Waals surface area (Å²) in [6.45, 7) is 4.75. The van der Waals surface area contributed by atoms with Crippen LogP contribution in [0.15, 0.2) is 33.5 Å². The fraction of sp³-hybridized carbons (Fsp3) is 0.538. The van der Waals surface area contributed by atoms with Gasteiger partial charge in [-0.15, -0.1) is 0 Å². The highest BCUT2D eigenvalue weighted by Gasteiger charge is 2.26. The lowest BCUT2D eigenvalue weighted by molar-refractivity contribution is 0.640. The van der Waals surface area contributed by atoms with Crippen molar-refractivity contribution in [2.24, 2.45) is 10.3 Å². The van der Waals surface area contributed by atoms with Crippen molar-refractivity contribution < 1.29 is 4.21 Å². The number of nitrogens with zero attached hydrogens (tertiary/aromatic N) is 1. The Labute approximate surface area is 109 Å². The highest BCUT2D eigenvalue weighted by Crippen LogP contribution is 2.24. The van der Waals surface area contributed by atoms with Gasteiger partial charge in [-0.1, -0.05) is 13.8 Å². The number of rotatable bonds is 5. The van der Waals surface area contributed by atoms with E-state index in [1.807, 2.05) is 0 Å². The summed E-state index contributed by atoms with van der Waals surface area (Å²) < 4.78 is 20.5. The molecule has 3 N–H and O–H groups in total. The van der Waals surface area contributed by atoms with Crippen molar-refractivity contribution in [2.75, 3.05) is 12.3 Å². The molecule has 0 aromatic heterocycles. The fourth-order valence-electron chi connectivity index (χ4n) is 1.51. The summed E-state index contributed by atoms with van der Waals surface area (Å²) in [6, 6.07) is 7.50. The SMILES string of the molecule is CC(C)CN=S(=O)(NC1CC1)c1ccc(N)cc1. The summed E-state index contributed by atoms with van der Waals surface area (Å²) >= 11 is 0. The molecule has 1 aromatic carbocycles. The first kappa shape index (κ1) is 13.4. The van der Waals surface area contributed by atoms with Gasteiger partial charge in [-0.25, -0.2) is 13.3 Å². The summed E-state index contributed by atoms with van der Waals surface area (Å²) in [6.07, 6.45) is 2.17. The van der Waals surface area contributed by atoms with Gasteiger partial charge < -0.3 is 5.73 Å². The molecule has 100 valence electrons. The molecule has 1 aliphatic carbocycles. The Morgan fingerprint density at radius 2 is 2.00 bits per heavy atom. The molecule has 1 atom stereocenters. The second kappa shape index (κ2) is 5.28. The molecule has 0 saturated heterocycles. The van der Waals surface area contributed by atoms with Gasteiger partial charge in [0, 0.05) is 11.7 Å². The molecule has 18 heavy (non-hydrogen) atoms. The van der Waals surface area contributed by atoms with Crippen LogP contribution in [0.4, 0.5) is 5.69 Å². The van der Waals surface area contributed by atoms with Crippen LogP contribution < -0.4 is 10.5 Å². The molecule has 0 spiro atoms. The number of anilines is 1. The smallest absolute Gasteiger partial charge is 0.137 e. The largest absolute Gasteiger partial charge is 0.399 e.